The van der Waals surface area contributed by atoms with Gasteiger partial charge in [-0.2, -0.15) is 31.1 Å². The standard InChI is InChI=1S/C21H19BrF3N7O2.C21H18F3N7O2.C12H10BrFIN3O.C8H10F2N4.4CH4/c1-11(34-20-19(27)28-8-17(22)29-20)16-5-12(23)3-4-15(16)21(33)31(2)9-13-6-14(7-26)32(30-13)10-18(24)25;1-10-13-5-11(22)3-4-12(13)21(32)30(2)8-15-18(14-7-27-19(26)20(28-14)33-10)16(6-25)31(29-15)9-17(23)24;1-6(8-4-7(14)2-3-9(8)15)19-12-11(16)17-5-10(13)18-12;1-12-4-6-2-7(3-11)14(13-6)5-8(9)10;;;;/h3-6,8,11,18H,9-10H2,1-2H3,(H2,27,28);3-5,7,10,17H,8-9H2,1-2H3,(H2,26,27);2-6H,1H3,(H2,16,17);2,8,12H,4-5H2,1H3;4*1H4/t11-;10-;6-;;;;;/m111...../s1. The third-order valence-electron chi connectivity index (χ3n) is 13.9. The topological polar surface area (TPSA) is 361 Å². The predicted octanol–water partition coefficient (Wildman–Crippen LogP) is 13.6. The average Bonchev–Trinajstić information content (AvgIpc) is 1.57. The van der Waals surface area contributed by atoms with Gasteiger partial charge in [-0.15, -0.1) is 0 Å². The summed E-state index contributed by atoms with van der Waals surface area (Å²) in [6.45, 7) is 3.16. The number of aromatic nitrogens is 12. The Morgan fingerprint density at radius 2 is 1.19 bits per heavy atom. The highest BCUT2D eigenvalue weighted by atomic mass is 127. The van der Waals surface area contributed by atoms with Gasteiger partial charge < -0.3 is 46.5 Å². The zero-order valence-electron chi connectivity index (χ0n) is 53.2. The second-order valence-corrected chi connectivity index (χ2v) is 24.0. The molecule has 9 aromatic rings. The van der Waals surface area contributed by atoms with E-state index in [0.717, 1.165) is 35.3 Å². The maximum absolute atomic E-state index is 14.0. The number of amides is 2. The molecule has 10 rings (SSSR count). The summed E-state index contributed by atoms with van der Waals surface area (Å²) in [6.07, 6.45) is -5.86. The smallest absolute Gasteiger partial charge is 0.258 e. The van der Waals surface area contributed by atoms with Crippen molar-refractivity contribution in [2.45, 2.75) is 127 Å². The summed E-state index contributed by atoms with van der Waals surface area (Å²) in [7, 11) is 4.67. The van der Waals surface area contributed by atoms with Gasteiger partial charge in [0, 0.05) is 52.0 Å². The minimum Gasteiger partial charge on any atom is -0.467 e. The van der Waals surface area contributed by atoms with E-state index in [1.54, 1.807) is 40.0 Å². The molecule has 26 nitrogen and oxygen atoms in total. The fourth-order valence-corrected chi connectivity index (χ4v) is 10.7. The molecule has 1 aliphatic heterocycles. The molecule has 7 N–H and O–H groups in total. The van der Waals surface area contributed by atoms with Gasteiger partial charge in [-0.3, -0.25) is 9.59 Å². The summed E-state index contributed by atoms with van der Waals surface area (Å²) >= 11 is 8.49. The zero-order chi connectivity index (χ0) is 73.4. The van der Waals surface area contributed by atoms with Crippen LogP contribution in [-0.4, -0.2) is 121 Å². The highest BCUT2D eigenvalue weighted by Crippen LogP contribution is 2.35. The number of anilines is 3. The summed E-state index contributed by atoms with van der Waals surface area (Å²) < 4.78 is 139. The van der Waals surface area contributed by atoms with Crippen molar-refractivity contribution in [3.8, 4) is 47.1 Å². The van der Waals surface area contributed by atoms with Gasteiger partial charge in [-0.25, -0.2) is 83.5 Å². The van der Waals surface area contributed by atoms with Crippen LogP contribution in [0, 0.1) is 55.0 Å². The van der Waals surface area contributed by atoms with Crippen LogP contribution in [0.5, 0.6) is 17.6 Å². The second kappa shape index (κ2) is 40.0. The number of benzene rings is 3. The van der Waals surface area contributed by atoms with Crippen molar-refractivity contribution in [3.63, 3.8) is 0 Å². The molecule has 0 saturated heterocycles. The Balaban J connectivity index is 0.000000374. The van der Waals surface area contributed by atoms with Crippen molar-refractivity contribution < 1.29 is 63.3 Å². The number of ether oxygens (including phenoxy) is 3. The van der Waals surface area contributed by atoms with Crippen molar-refractivity contribution in [2.75, 3.05) is 38.3 Å². The van der Waals surface area contributed by atoms with Gasteiger partial charge in [0.2, 0.25) is 0 Å². The van der Waals surface area contributed by atoms with Gasteiger partial charge in [-0.05, 0) is 149 Å². The van der Waals surface area contributed by atoms with E-state index >= 15 is 0 Å². The lowest BCUT2D eigenvalue weighted by molar-refractivity contribution is 0.0770. The summed E-state index contributed by atoms with van der Waals surface area (Å²) in [4.78, 5) is 53.4. The number of nitrogens with one attached hydrogen (secondary N) is 1. The van der Waals surface area contributed by atoms with Gasteiger partial charge in [0.05, 0.1) is 60.0 Å². The highest BCUT2D eigenvalue weighted by molar-refractivity contribution is 14.1. The van der Waals surface area contributed by atoms with E-state index in [1.165, 1.54) is 91.0 Å². The molecule has 0 unspecified atom stereocenters. The molecule has 0 saturated carbocycles. The Morgan fingerprint density at radius 1 is 0.702 bits per heavy atom. The molecule has 3 atom stereocenters. The first-order valence-electron chi connectivity index (χ1n) is 29.1. The summed E-state index contributed by atoms with van der Waals surface area (Å²) in [5.41, 5.74) is 20.1. The third-order valence-corrected chi connectivity index (χ3v) is 15.7. The van der Waals surface area contributed by atoms with Crippen LogP contribution in [0.4, 0.5) is 57.0 Å². The quantitative estimate of drug-likeness (QED) is 0.0486. The number of alkyl halides is 6. The third kappa shape index (κ3) is 23.1. The molecule has 104 heavy (non-hydrogen) atoms. The number of halogens is 12. The van der Waals surface area contributed by atoms with Gasteiger partial charge in [0.1, 0.15) is 99.9 Å². The van der Waals surface area contributed by atoms with E-state index in [0.29, 0.717) is 21.4 Å². The van der Waals surface area contributed by atoms with Crippen molar-refractivity contribution in [1.82, 2.24) is 74.4 Å². The number of carbonyl (C=O) groups is 2. The van der Waals surface area contributed by atoms with E-state index in [9.17, 15) is 54.4 Å². The lowest BCUT2D eigenvalue weighted by Gasteiger charge is -2.23. The normalized spacial score (nSPS) is 12.5. The van der Waals surface area contributed by atoms with Crippen LogP contribution in [0.1, 0.15) is 140 Å². The molecule has 7 heterocycles. The number of nitrogens with zero attached hydrogens (tertiary/aromatic N) is 17. The fourth-order valence-electron chi connectivity index (χ4n) is 9.43. The first-order chi connectivity index (χ1) is 47.4. The monoisotopic (exact) mass is 1700 g/mol. The van der Waals surface area contributed by atoms with Crippen LogP contribution in [-0.2, 0) is 39.3 Å². The van der Waals surface area contributed by atoms with Crippen LogP contribution in [0.2, 0.25) is 0 Å². The first-order valence-corrected chi connectivity index (χ1v) is 31.7. The molecule has 1 aliphatic rings. The molecule has 0 spiro atoms. The van der Waals surface area contributed by atoms with Crippen molar-refractivity contribution in [1.29, 1.82) is 15.8 Å². The van der Waals surface area contributed by atoms with E-state index in [-0.39, 0.29) is 152 Å². The Kier molecular flexibility index (Phi) is 33.8. The summed E-state index contributed by atoms with van der Waals surface area (Å²) in [6, 6.07) is 20.1. The van der Waals surface area contributed by atoms with Crippen LogP contribution in [0.3, 0.4) is 0 Å². The van der Waals surface area contributed by atoms with E-state index in [2.05, 4.69) is 105 Å². The molecule has 6 aromatic heterocycles. The van der Waals surface area contributed by atoms with E-state index in [1.807, 2.05) is 12.1 Å². The van der Waals surface area contributed by atoms with Crippen LogP contribution >= 0.6 is 54.5 Å². The molecular weight excluding hydrogens is 1620 g/mol. The number of hydrogen-bond donors (Lipinski definition) is 4. The largest absolute Gasteiger partial charge is 0.467 e. The summed E-state index contributed by atoms with van der Waals surface area (Å²) in [5.74, 6) is -2.18. The number of nitrogen functional groups attached to an aromatic ring is 3. The molecule has 0 aliphatic carbocycles. The van der Waals surface area contributed by atoms with Crippen molar-refractivity contribution >= 4 is 83.7 Å². The zero-order valence-corrected chi connectivity index (χ0v) is 58.5. The van der Waals surface area contributed by atoms with Crippen molar-refractivity contribution in [2.24, 2.45) is 0 Å². The fraction of sp³-hybridized carbons (Fsp3) is 0.333. The Morgan fingerprint density at radius 3 is 1.73 bits per heavy atom. The summed E-state index contributed by atoms with van der Waals surface area (Å²) in [5, 5.41) is 42.3. The molecule has 2 bridgehead atoms. The van der Waals surface area contributed by atoms with Gasteiger partial charge in [-0.1, -0.05) is 29.7 Å². The first kappa shape index (κ1) is 88.0. The highest BCUT2D eigenvalue weighted by Gasteiger charge is 2.30. The van der Waals surface area contributed by atoms with Crippen molar-refractivity contribution in [3.05, 3.63) is 178 Å². The predicted molar refractivity (Wildman–Crippen MR) is 383 cm³/mol. The molecule has 38 heteroatoms. The lowest BCUT2D eigenvalue weighted by atomic mass is 10.0. The maximum Gasteiger partial charge on any atom is 0.258 e. The number of fused-ring (bicyclic) bond motifs is 5. The van der Waals surface area contributed by atoms with Crippen LogP contribution < -0.4 is 36.7 Å². The molecule has 0 fully saturated rings. The van der Waals surface area contributed by atoms with Crippen LogP contribution in [0.25, 0.3) is 11.3 Å². The molecule has 3 aromatic carbocycles. The molecule has 2 amide bonds. The Hall–Kier alpha value is -10.2. The minimum atomic E-state index is -2.77. The number of carbonyl (C=O) groups excluding carboxylic acids is 2. The molecule has 556 valence electrons. The van der Waals surface area contributed by atoms with Gasteiger partial charge in [0.25, 0.3) is 48.7 Å². The number of rotatable bonds is 17. The average molecular weight is 1700 g/mol. The van der Waals surface area contributed by atoms with E-state index in [4.69, 9.17) is 41.9 Å². The molecule has 0 radical (unpaired) electrons. The number of nitrogens with two attached hydrogens (primary N) is 3. The second-order valence-electron chi connectivity index (χ2n) is 21.2. The number of hydrogen-bond acceptors (Lipinski definition) is 21. The maximum atomic E-state index is 14.0. The number of nitriles is 3. The Bertz CT molecular complexity index is 4550. The van der Waals surface area contributed by atoms with E-state index < -0.39 is 74.6 Å². The minimum absolute atomic E-state index is 0. The lowest BCUT2D eigenvalue weighted by Crippen LogP contribution is -2.28. The molecular formula is C66H73Br2F9IN21O5. The van der Waals surface area contributed by atoms with Crippen LogP contribution in [0.15, 0.2) is 94.5 Å². The van der Waals surface area contributed by atoms with Gasteiger partial charge >= 0.3 is 0 Å². The van der Waals surface area contributed by atoms with Gasteiger partial charge in [0.15, 0.2) is 17.5 Å². The Labute approximate surface area is 623 Å². The SMILES string of the molecule is C.C.C.C.CNCc1cc(C#N)n(CC(F)F)n1.C[C@@H](Oc1nc(Br)cnc1N)c1cc(F)ccc1C(=O)N(C)Cc1cc(C#N)n(CC(F)F)n1.C[C@@H](Oc1nc(Br)cnc1N)c1cc(F)ccc1I.C[C@H]1Oc2nc(cnc2N)-c2c(nn(CC(F)F)c2C#N)CN(C)C(=O)c2ccc(F)cc21.